The molecule has 0 spiro atoms. The number of pyridine rings is 1. The van der Waals surface area contributed by atoms with E-state index in [1.807, 2.05) is 36.4 Å². The van der Waals surface area contributed by atoms with Gasteiger partial charge in [0.1, 0.15) is 5.82 Å². The van der Waals surface area contributed by atoms with Gasteiger partial charge < -0.3 is 5.32 Å². The first kappa shape index (κ1) is 11.7. The van der Waals surface area contributed by atoms with Crippen LogP contribution in [0.5, 0.6) is 0 Å². The molecule has 0 aliphatic carbocycles. The van der Waals surface area contributed by atoms with Crippen molar-refractivity contribution >= 4 is 16.6 Å². The van der Waals surface area contributed by atoms with Crippen molar-refractivity contribution in [3.05, 3.63) is 72.2 Å². The number of rotatable bonds is 3. The largest absolute Gasteiger partial charge is 0.379 e. The zero-order chi connectivity index (χ0) is 13.1. The molecule has 0 aliphatic rings. The van der Waals surface area contributed by atoms with Gasteiger partial charge in [-0.25, -0.2) is 4.39 Å². The maximum Gasteiger partial charge on any atom is 0.128 e. The van der Waals surface area contributed by atoms with Gasteiger partial charge in [0.05, 0.1) is 11.2 Å². The first-order valence-corrected chi connectivity index (χ1v) is 6.15. The molecule has 19 heavy (non-hydrogen) atoms. The van der Waals surface area contributed by atoms with Crippen LogP contribution in [0.25, 0.3) is 10.9 Å². The predicted molar refractivity (Wildman–Crippen MR) is 75.5 cm³/mol. The van der Waals surface area contributed by atoms with Gasteiger partial charge >= 0.3 is 0 Å². The van der Waals surface area contributed by atoms with E-state index in [9.17, 15) is 4.39 Å². The number of nitrogens with zero attached hydrogens (tertiary/aromatic N) is 1. The Morgan fingerprint density at radius 3 is 2.68 bits per heavy atom. The van der Waals surface area contributed by atoms with E-state index in [2.05, 4.69) is 10.3 Å². The van der Waals surface area contributed by atoms with E-state index in [0.29, 0.717) is 12.1 Å². The van der Waals surface area contributed by atoms with Crippen molar-refractivity contribution in [1.82, 2.24) is 4.98 Å². The average Bonchev–Trinajstić information content (AvgIpc) is 2.46. The second-order valence-corrected chi connectivity index (χ2v) is 4.33. The fourth-order valence-electron chi connectivity index (χ4n) is 2.08. The molecule has 0 bridgehead atoms. The Bertz CT molecular complexity index is 704. The highest BCUT2D eigenvalue weighted by Crippen LogP contribution is 2.21. The lowest BCUT2D eigenvalue weighted by Gasteiger charge is -2.09. The highest BCUT2D eigenvalue weighted by atomic mass is 19.1. The third kappa shape index (κ3) is 2.40. The summed E-state index contributed by atoms with van der Waals surface area (Å²) in [5.41, 5.74) is 2.47. The summed E-state index contributed by atoms with van der Waals surface area (Å²) in [5.74, 6) is -0.191. The monoisotopic (exact) mass is 252 g/mol. The summed E-state index contributed by atoms with van der Waals surface area (Å²) < 4.78 is 13.6. The molecule has 1 heterocycles. The summed E-state index contributed by atoms with van der Waals surface area (Å²) in [4.78, 5) is 4.36. The lowest BCUT2D eigenvalue weighted by atomic mass is 10.1. The van der Waals surface area contributed by atoms with Crippen LogP contribution < -0.4 is 5.32 Å². The van der Waals surface area contributed by atoms with Crippen molar-refractivity contribution in [3.63, 3.8) is 0 Å². The number of para-hydroxylation sites is 1. The van der Waals surface area contributed by atoms with Crippen molar-refractivity contribution < 1.29 is 4.39 Å². The fraction of sp³-hybridized carbons (Fsp3) is 0.0625. The van der Waals surface area contributed by atoms with Crippen molar-refractivity contribution in [1.29, 1.82) is 0 Å². The Kier molecular flexibility index (Phi) is 3.11. The predicted octanol–water partition coefficient (Wildman–Crippen LogP) is 3.99. The Labute approximate surface area is 110 Å². The van der Waals surface area contributed by atoms with Crippen LogP contribution in [0.4, 0.5) is 10.1 Å². The summed E-state index contributed by atoms with van der Waals surface area (Å²) in [7, 11) is 0. The number of benzene rings is 2. The Hall–Kier alpha value is -2.42. The third-order valence-electron chi connectivity index (χ3n) is 3.06. The molecule has 94 valence electrons. The lowest BCUT2D eigenvalue weighted by Crippen LogP contribution is -2.02. The van der Waals surface area contributed by atoms with E-state index in [1.54, 1.807) is 18.3 Å². The van der Waals surface area contributed by atoms with Crippen molar-refractivity contribution in [3.8, 4) is 0 Å². The van der Waals surface area contributed by atoms with Crippen LogP contribution in [0.1, 0.15) is 5.56 Å². The molecule has 0 fully saturated rings. The van der Waals surface area contributed by atoms with Crippen LogP contribution >= 0.6 is 0 Å². The topological polar surface area (TPSA) is 24.9 Å². The molecule has 0 saturated carbocycles. The van der Waals surface area contributed by atoms with Crippen LogP contribution in [0, 0.1) is 5.82 Å². The van der Waals surface area contributed by atoms with E-state index in [0.717, 1.165) is 16.6 Å². The second kappa shape index (κ2) is 5.06. The third-order valence-corrected chi connectivity index (χ3v) is 3.06. The minimum absolute atomic E-state index is 0.191. The van der Waals surface area contributed by atoms with Crippen LogP contribution in [0.2, 0.25) is 0 Å². The number of halogens is 1. The molecular weight excluding hydrogens is 239 g/mol. The maximum atomic E-state index is 13.6. The van der Waals surface area contributed by atoms with E-state index in [1.165, 1.54) is 6.07 Å². The first-order valence-electron chi connectivity index (χ1n) is 6.15. The number of hydrogen-bond donors (Lipinski definition) is 1. The zero-order valence-electron chi connectivity index (χ0n) is 10.3. The lowest BCUT2D eigenvalue weighted by molar-refractivity contribution is 0.613. The SMILES string of the molecule is Fc1ccccc1CNc1cccc2cccnc12. The molecule has 0 radical (unpaired) electrons. The highest BCUT2D eigenvalue weighted by molar-refractivity contribution is 5.90. The van der Waals surface area contributed by atoms with Gasteiger partial charge in [-0.05, 0) is 18.2 Å². The summed E-state index contributed by atoms with van der Waals surface area (Å²) in [6.45, 7) is 0.447. The zero-order valence-corrected chi connectivity index (χ0v) is 10.3. The van der Waals surface area contributed by atoms with Gasteiger partial charge in [0.2, 0.25) is 0 Å². The summed E-state index contributed by atoms with van der Waals surface area (Å²) in [5, 5.41) is 4.31. The normalized spacial score (nSPS) is 10.6. The molecule has 0 atom stereocenters. The molecule has 2 nitrogen and oxygen atoms in total. The molecule has 2 aromatic carbocycles. The number of anilines is 1. The quantitative estimate of drug-likeness (QED) is 0.762. The number of nitrogens with one attached hydrogen (secondary N) is 1. The Balaban J connectivity index is 1.88. The first-order chi connectivity index (χ1) is 9.34. The molecule has 0 unspecified atom stereocenters. The number of aromatic nitrogens is 1. The standard InChI is InChI=1S/C16H13FN2/c17-14-8-2-1-5-13(14)11-19-15-9-3-6-12-7-4-10-18-16(12)15/h1-10,19H,11H2. The van der Waals surface area contributed by atoms with Gasteiger partial charge in [0.25, 0.3) is 0 Å². The van der Waals surface area contributed by atoms with Crippen LogP contribution in [0.15, 0.2) is 60.8 Å². The van der Waals surface area contributed by atoms with Crippen molar-refractivity contribution in [2.24, 2.45) is 0 Å². The molecule has 0 saturated heterocycles. The van der Waals surface area contributed by atoms with Gasteiger partial charge in [0.15, 0.2) is 0 Å². The van der Waals surface area contributed by atoms with E-state index in [4.69, 9.17) is 0 Å². The maximum absolute atomic E-state index is 13.6. The van der Waals surface area contributed by atoms with Crippen molar-refractivity contribution in [2.45, 2.75) is 6.54 Å². The molecule has 1 N–H and O–H groups in total. The fourth-order valence-corrected chi connectivity index (χ4v) is 2.08. The smallest absolute Gasteiger partial charge is 0.128 e. The minimum atomic E-state index is -0.191. The molecule has 0 amide bonds. The number of hydrogen-bond acceptors (Lipinski definition) is 2. The second-order valence-electron chi connectivity index (χ2n) is 4.33. The molecular formula is C16H13FN2. The molecule has 1 aromatic heterocycles. The Morgan fingerprint density at radius 2 is 1.79 bits per heavy atom. The van der Waals surface area contributed by atoms with E-state index < -0.39 is 0 Å². The van der Waals surface area contributed by atoms with Crippen LogP contribution in [-0.2, 0) is 6.54 Å². The van der Waals surface area contributed by atoms with Gasteiger partial charge in [-0.3, -0.25) is 4.98 Å². The van der Waals surface area contributed by atoms with Crippen LogP contribution in [-0.4, -0.2) is 4.98 Å². The van der Waals surface area contributed by atoms with Gasteiger partial charge in [-0.1, -0.05) is 36.4 Å². The summed E-state index contributed by atoms with van der Waals surface area (Å²) in [6, 6.07) is 16.6. The molecule has 3 aromatic rings. The van der Waals surface area contributed by atoms with Crippen LogP contribution in [0.3, 0.4) is 0 Å². The Morgan fingerprint density at radius 1 is 0.947 bits per heavy atom. The van der Waals surface area contributed by atoms with Gasteiger partial charge in [-0.15, -0.1) is 0 Å². The average molecular weight is 252 g/mol. The summed E-state index contributed by atoms with van der Waals surface area (Å²) in [6.07, 6.45) is 1.76. The molecule has 3 rings (SSSR count). The highest BCUT2D eigenvalue weighted by Gasteiger charge is 2.03. The van der Waals surface area contributed by atoms with E-state index >= 15 is 0 Å². The van der Waals surface area contributed by atoms with Gasteiger partial charge in [0, 0.05) is 23.7 Å². The van der Waals surface area contributed by atoms with E-state index in [-0.39, 0.29) is 5.82 Å². The molecule has 3 heteroatoms. The number of fused-ring (bicyclic) bond motifs is 1. The molecule has 0 aliphatic heterocycles. The van der Waals surface area contributed by atoms with Crippen molar-refractivity contribution in [2.75, 3.05) is 5.32 Å². The van der Waals surface area contributed by atoms with Gasteiger partial charge in [-0.2, -0.15) is 0 Å². The minimum Gasteiger partial charge on any atom is -0.379 e. The summed E-state index contributed by atoms with van der Waals surface area (Å²) >= 11 is 0.